The first-order chi connectivity index (χ1) is 20.4. The number of likely N-dealkylation sites (tertiary alicyclic amines) is 1. The average Bonchev–Trinajstić information content (AvgIpc) is 3.35. The molecule has 0 radical (unpaired) electrons. The number of ether oxygens (including phenoxy) is 2. The van der Waals surface area contributed by atoms with Gasteiger partial charge in [-0.2, -0.15) is 13.2 Å². The molecule has 0 atom stereocenters. The Morgan fingerprint density at radius 3 is 2.37 bits per heavy atom. The number of allylic oxidation sites excluding steroid dienone is 1. The summed E-state index contributed by atoms with van der Waals surface area (Å²) in [6.45, 7) is 7.38. The molecule has 10 nitrogen and oxygen atoms in total. The zero-order valence-electron chi connectivity index (χ0n) is 24.5. The van der Waals surface area contributed by atoms with Crippen molar-refractivity contribution in [2.75, 3.05) is 24.6 Å². The molecule has 3 aromatic rings. The summed E-state index contributed by atoms with van der Waals surface area (Å²) in [5, 5.41) is 19.1. The Balaban J connectivity index is 1.15. The van der Waals surface area contributed by atoms with Crippen LogP contribution in [0.3, 0.4) is 0 Å². The zero-order valence-corrected chi connectivity index (χ0v) is 24.5. The van der Waals surface area contributed by atoms with E-state index in [1.54, 1.807) is 21.5 Å². The second-order valence-corrected chi connectivity index (χ2v) is 11.5. The zero-order chi connectivity index (χ0) is 30.8. The van der Waals surface area contributed by atoms with Gasteiger partial charge in [-0.3, -0.25) is 0 Å². The molecule has 2 aliphatic rings. The molecular formula is C30H34F3N7O3. The number of aromatic nitrogens is 3. The van der Waals surface area contributed by atoms with Crippen molar-refractivity contribution in [3.63, 3.8) is 0 Å². The third-order valence-corrected chi connectivity index (χ3v) is 7.22. The van der Waals surface area contributed by atoms with E-state index in [0.29, 0.717) is 31.3 Å². The number of amides is 1. The number of alkyl halides is 3. The molecule has 0 spiro atoms. The van der Waals surface area contributed by atoms with E-state index >= 15 is 0 Å². The molecule has 3 heterocycles. The van der Waals surface area contributed by atoms with Gasteiger partial charge in [0.25, 0.3) is 0 Å². The average molecular weight is 598 g/mol. The number of rotatable bonds is 6. The molecular weight excluding hydrogens is 563 g/mol. The third-order valence-electron chi connectivity index (χ3n) is 7.22. The highest BCUT2D eigenvalue weighted by molar-refractivity contribution is 5.68. The molecule has 0 bridgehead atoms. The number of carbonyl (C=O) groups excluding carboxylic acids is 1. The summed E-state index contributed by atoms with van der Waals surface area (Å²) in [6, 6.07) is 12.4. The van der Waals surface area contributed by atoms with Crippen LogP contribution in [0.1, 0.15) is 45.0 Å². The number of piperidine rings is 1. The fourth-order valence-corrected chi connectivity index (χ4v) is 4.88. The van der Waals surface area contributed by atoms with Crippen molar-refractivity contribution < 1.29 is 27.4 Å². The fraction of sp³-hybridized carbons (Fsp3) is 0.433. The van der Waals surface area contributed by atoms with Crippen LogP contribution >= 0.6 is 0 Å². The summed E-state index contributed by atoms with van der Waals surface area (Å²) < 4.78 is 51.7. The van der Waals surface area contributed by atoms with E-state index in [-0.39, 0.29) is 24.4 Å². The van der Waals surface area contributed by atoms with E-state index in [1.165, 1.54) is 12.1 Å². The van der Waals surface area contributed by atoms with Crippen molar-refractivity contribution in [3.05, 3.63) is 71.7 Å². The predicted molar refractivity (Wildman–Crippen MR) is 153 cm³/mol. The lowest BCUT2D eigenvalue weighted by atomic mass is 9.93. The first kappa shape index (κ1) is 30.1. The maximum atomic E-state index is 13.0. The normalized spacial score (nSPS) is 16.3. The van der Waals surface area contributed by atoms with Gasteiger partial charge in [-0.1, -0.05) is 11.3 Å². The van der Waals surface area contributed by atoms with Gasteiger partial charge < -0.3 is 18.9 Å². The molecule has 228 valence electrons. The number of benzene rings is 2. The molecule has 0 saturated carbocycles. The van der Waals surface area contributed by atoms with Gasteiger partial charge in [-0.25, -0.2) is 9.80 Å². The lowest BCUT2D eigenvalue weighted by Gasteiger charge is -2.34. The van der Waals surface area contributed by atoms with Gasteiger partial charge in [-0.05, 0) is 82.2 Å². The van der Waals surface area contributed by atoms with E-state index in [2.05, 4.69) is 26.6 Å². The standard InChI is InChI=1S/C30H34F3N7O3/c1-29(2,3)43-28(41)39-15-12-20(13-16-39)25-14-17-40(37-34-25)23-10-8-21(9-11-23)27-36-35-26(38(27)4)19-42-24-7-5-6-22(18-24)30(31,32)33/h5-11,14,18,20H,12-13,15-17,19H2,1-4H3. The van der Waals surface area contributed by atoms with Crippen LogP contribution in [0.2, 0.25) is 0 Å². The monoisotopic (exact) mass is 597 g/mol. The highest BCUT2D eigenvalue weighted by atomic mass is 19.4. The van der Waals surface area contributed by atoms with Crippen LogP contribution in [0.5, 0.6) is 5.75 Å². The molecule has 0 aliphatic carbocycles. The van der Waals surface area contributed by atoms with E-state index in [1.807, 2.05) is 45.0 Å². The number of hydrogen-bond acceptors (Lipinski definition) is 8. The predicted octanol–water partition coefficient (Wildman–Crippen LogP) is 6.80. The number of halogens is 3. The topological polar surface area (TPSA) is 97.4 Å². The molecule has 43 heavy (non-hydrogen) atoms. The fourth-order valence-electron chi connectivity index (χ4n) is 4.88. The number of nitrogens with zero attached hydrogens (tertiary/aromatic N) is 7. The Morgan fingerprint density at radius 1 is 1.02 bits per heavy atom. The number of anilines is 1. The molecule has 1 amide bonds. The van der Waals surface area contributed by atoms with Crippen molar-refractivity contribution in [2.45, 2.75) is 52.0 Å². The summed E-state index contributed by atoms with van der Waals surface area (Å²) in [5.74, 6) is 1.41. The van der Waals surface area contributed by atoms with Crippen molar-refractivity contribution >= 4 is 11.8 Å². The van der Waals surface area contributed by atoms with Gasteiger partial charge in [0.1, 0.15) is 18.0 Å². The molecule has 1 saturated heterocycles. The summed E-state index contributed by atoms with van der Waals surface area (Å²) in [4.78, 5) is 14.1. The van der Waals surface area contributed by atoms with Crippen molar-refractivity contribution in [1.29, 1.82) is 0 Å². The Morgan fingerprint density at radius 2 is 1.74 bits per heavy atom. The summed E-state index contributed by atoms with van der Waals surface area (Å²) >= 11 is 0. The van der Waals surface area contributed by atoms with E-state index in [4.69, 9.17) is 9.47 Å². The van der Waals surface area contributed by atoms with Crippen molar-refractivity contribution in [2.24, 2.45) is 23.3 Å². The second-order valence-electron chi connectivity index (χ2n) is 11.5. The summed E-state index contributed by atoms with van der Waals surface area (Å²) in [6.07, 6.45) is -1.03. The van der Waals surface area contributed by atoms with Crippen LogP contribution in [0.25, 0.3) is 11.4 Å². The van der Waals surface area contributed by atoms with Crippen LogP contribution in [-0.4, -0.2) is 51.0 Å². The smallest absolute Gasteiger partial charge is 0.416 e. The minimum absolute atomic E-state index is 0.0360. The van der Waals surface area contributed by atoms with Crippen molar-refractivity contribution in [3.8, 4) is 17.1 Å². The van der Waals surface area contributed by atoms with Crippen LogP contribution in [0.15, 0.2) is 70.6 Å². The van der Waals surface area contributed by atoms with Gasteiger partial charge in [-0.15, -0.1) is 15.3 Å². The maximum absolute atomic E-state index is 13.0. The number of carbonyl (C=O) groups is 1. The van der Waals surface area contributed by atoms with E-state index in [0.717, 1.165) is 41.9 Å². The molecule has 0 N–H and O–H groups in total. The van der Waals surface area contributed by atoms with Crippen LogP contribution < -0.4 is 9.75 Å². The van der Waals surface area contributed by atoms with Crippen molar-refractivity contribution in [1.82, 2.24) is 19.7 Å². The minimum Gasteiger partial charge on any atom is -0.486 e. The minimum atomic E-state index is -4.44. The van der Waals surface area contributed by atoms with Crippen LogP contribution in [0, 0.1) is 5.92 Å². The molecule has 13 heteroatoms. The third kappa shape index (κ3) is 7.33. The highest BCUT2D eigenvalue weighted by Crippen LogP contribution is 2.32. The lowest BCUT2D eigenvalue weighted by Crippen LogP contribution is -2.42. The van der Waals surface area contributed by atoms with E-state index in [9.17, 15) is 18.0 Å². The second kappa shape index (κ2) is 12.1. The van der Waals surface area contributed by atoms with Crippen LogP contribution in [-0.2, 0) is 24.6 Å². The van der Waals surface area contributed by atoms with Gasteiger partial charge in [0, 0.05) is 31.6 Å². The quantitative estimate of drug-likeness (QED) is 0.310. The molecule has 1 fully saturated rings. The highest BCUT2D eigenvalue weighted by Gasteiger charge is 2.31. The van der Waals surface area contributed by atoms with Gasteiger partial charge in [0.05, 0.1) is 23.5 Å². The Bertz CT molecular complexity index is 1500. The summed E-state index contributed by atoms with van der Waals surface area (Å²) in [7, 11) is 1.78. The Labute approximate surface area is 247 Å². The molecule has 5 rings (SSSR count). The molecule has 2 aliphatic heterocycles. The van der Waals surface area contributed by atoms with Gasteiger partial charge in [0.15, 0.2) is 11.6 Å². The first-order valence-corrected chi connectivity index (χ1v) is 14.0. The lowest BCUT2D eigenvalue weighted by molar-refractivity contribution is -0.137. The van der Waals surface area contributed by atoms with Gasteiger partial charge >= 0.3 is 12.3 Å². The Kier molecular flexibility index (Phi) is 8.43. The molecule has 1 aromatic heterocycles. The SMILES string of the molecule is Cn1c(COc2cccc(C(F)(F)F)c2)nnc1-c1ccc(N2CC=C(C3CCN(C(=O)OC(C)(C)C)CC3)N=N2)cc1. The summed E-state index contributed by atoms with van der Waals surface area (Å²) in [5.41, 5.74) is 1.32. The largest absolute Gasteiger partial charge is 0.486 e. The first-order valence-electron chi connectivity index (χ1n) is 14.0. The van der Waals surface area contributed by atoms with Gasteiger partial charge in [0.2, 0.25) is 0 Å². The Hall–Kier alpha value is -4.42. The molecule has 2 aromatic carbocycles. The van der Waals surface area contributed by atoms with Crippen LogP contribution in [0.4, 0.5) is 23.7 Å². The molecule has 0 unspecified atom stereocenters. The van der Waals surface area contributed by atoms with E-state index < -0.39 is 17.3 Å². The number of hydrogen-bond donors (Lipinski definition) is 0. The maximum Gasteiger partial charge on any atom is 0.416 e.